The number of Topliss-reactive ketones (excluding diaryl/α,β-unsaturated/α-hetero) is 1. The van der Waals surface area contributed by atoms with Crippen molar-refractivity contribution in [2.45, 2.75) is 29.8 Å². The van der Waals surface area contributed by atoms with Crippen LogP contribution in [0.5, 0.6) is 0 Å². The lowest BCUT2D eigenvalue weighted by molar-refractivity contribution is -0.137. The van der Waals surface area contributed by atoms with Gasteiger partial charge in [-0.2, -0.15) is 0 Å². The van der Waals surface area contributed by atoms with Crippen molar-refractivity contribution in [1.82, 2.24) is 4.90 Å². The van der Waals surface area contributed by atoms with Gasteiger partial charge in [-0.25, -0.2) is 0 Å². The number of hydrogen-bond donors (Lipinski definition) is 2. The number of benzene rings is 3. The zero-order valence-corrected chi connectivity index (χ0v) is 19.5. The number of ketones is 1. The number of carbonyl (C=O) groups is 3. The molecular weight excluding hydrogens is 462 g/mol. The molecule has 0 saturated carbocycles. The van der Waals surface area contributed by atoms with Crippen molar-refractivity contribution in [2.75, 3.05) is 17.2 Å². The smallest absolute Gasteiger partial charge is 0.251 e. The number of nitrogens with one attached hydrogen (secondary N) is 2. The molecule has 0 bridgehead atoms. The maximum atomic E-state index is 14.5. The molecule has 6 nitrogen and oxygen atoms in total. The van der Waals surface area contributed by atoms with Crippen LogP contribution < -0.4 is 10.6 Å². The average Bonchev–Trinajstić information content (AvgIpc) is 3.58. The normalized spacial score (nSPS) is 30.3. The van der Waals surface area contributed by atoms with E-state index in [-0.39, 0.29) is 23.6 Å². The Balaban J connectivity index is 1.61. The summed E-state index contributed by atoms with van der Waals surface area (Å²) >= 11 is 6.52. The molecule has 0 aliphatic carbocycles. The molecule has 3 aromatic rings. The van der Waals surface area contributed by atoms with Crippen LogP contribution in [0.4, 0.5) is 11.4 Å². The number of anilines is 2. The predicted octanol–water partition coefficient (Wildman–Crippen LogP) is 4.35. The van der Waals surface area contributed by atoms with Gasteiger partial charge < -0.3 is 10.6 Å². The van der Waals surface area contributed by atoms with Gasteiger partial charge in [-0.1, -0.05) is 60.1 Å². The van der Waals surface area contributed by atoms with Crippen molar-refractivity contribution in [1.29, 1.82) is 0 Å². The molecule has 4 aliphatic heterocycles. The lowest BCUT2D eigenvalue weighted by atomic mass is 9.57. The maximum Gasteiger partial charge on any atom is 0.251 e. The second kappa shape index (κ2) is 7.03. The van der Waals surface area contributed by atoms with Crippen LogP contribution in [0.25, 0.3) is 0 Å². The Kier molecular flexibility index (Phi) is 4.19. The largest absolute Gasteiger partial charge is 0.325 e. The van der Waals surface area contributed by atoms with E-state index in [1.807, 2.05) is 48.5 Å². The average molecular weight is 484 g/mol. The number of halogens is 1. The van der Waals surface area contributed by atoms with Crippen LogP contribution in [0.2, 0.25) is 5.02 Å². The fourth-order valence-corrected chi connectivity index (χ4v) is 7.59. The summed E-state index contributed by atoms with van der Waals surface area (Å²) in [6.07, 6.45) is 1.56. The van der Waals surface area contributed by atoms with E-state index in [0.717, 1.165) is 18.4 Å². The van der Waals surface area contributed by atoms with E-state index in [4.69, 9.17) is 11.6 Å². The summed E-state index contributed by atoms with van der Waals surface area (Å²) in [5.74, 6) is -1.56. The summed E-state index contributed by atoms with van der Waals surface area (Å²) in [6.45, 7) is 0.621. The Morgan fingerprint density at radius 1 is 0.857 bits per heavy atom. The highest BCUT2D eigenvalue weighted by Crippen LogP contribution is 2.67. The third kappa shape index (κ3) is 2.27. The first kappa shape index (κ1) is 20.9. The number of rotatable bonds is 2. The van der Waals surface area contributed by atoms with Crippen LogP contribution in [0.3, 0.4) is 0 Å². The lowest BCUT2D eigenvalue weighted by Crippen LogP contribution is -2.62. The fourth-order valence-electron chi connectivity index (χ4n) is 7.36. The predicted molar refractivity (Wildman–Crippen MR) is 132 cm³/mol. The quantitative estimate of drug-likeness (QED) is 0.531. The first-order valence-electron chi connectivity index (χ1n) is 11.9. The van der Waals surface area contributed by atoms with Crippen LogP contribution in [0.1, 0.15) is 34.3 Å². The molecule has 2 N–H and O–H groups in total. The number of carbonyl (C=O) groups excluding carboxylic acids is 3. The van der Waals surface area contributed by atoms with E-state index < -0.39 is 16.9 Å². The Morgan fingerprint density at radius 2 is 1.49 bits per heavy atom. The number of amides is 2. The molecule has 2 saturated heterocycles. The van der Waals surface area contributed by atoms with Crippen molar-refractivity contribution in [3.05, 3.63) is 94.5 Å². The van der Waals surface area contributed by atoms with Gasteiger partial charge in [-0.15, -0.1) is 0 Å². The van der Waals surface area contributed by atoms with E-state index in [1.54, 1.807) is 24.3 Å². The molecule has 35 heavy (non-hydrogen) atoms. The van der Waals surface area contributed by atoms with E-state index >= 15 is 0 Å². The van der Waals surface area contributed by atoms with Crippen molar-refractivity contribution in [3.63, 3.8) is 0 Å². The zero-order valence-electron chi connectivity index (χ0n) is 18.8. The van der Waals surface area contributed by atoms with E-state index in [9.17, 15) is 14.4 Å². The van der Waals surface area contributed by atoms with Gasteiger partial charge >= 0.3 is 0 Å². The van der Waals surface area contributed by atoms with Crippen molar-refractivity contribution in [2.24, 2.45) is 5.92 Å². The van der Waals surface area contributed by atoms with Gasteiger partial charge in [-0.05, 0) is 49.2 Å². The minimum absolute atomic E-state index is 0.201. The number of fused-ring (bicyclic) bond motifs is 7. The minimum Gasteiger partial charge on any atom is -0.325 e. The van der Waals surface area contributed by atoms with Crippen molar-refractivity contribution in [3.8, 4) is 0 Å². The summed E-state index contributed by atoms with van der Waals surface area (Å²) in [5, 5.41) is 6.45. The van der Waals surface area contributed by atoms with Gasteiger partial charge in [0, 0.05) is 28.5 Å². The van der Waals surface area contributed by atoms with Crippen LogP contribution >= 0.6 is 11.6 Å². The Bertz CT molecular complexity index is 1450. The molecule has 174 valence electrons. The molecule has 0 radical (unpaired) electrons. The first-order chi connectivity index (χ1) is 17.0. The molecule has 2 amide bonds. The van der Waals surface area contributed by atoms with Gasteiger partial charge in [-0.3, -0.25) is 19.3 Å². The van der Waals surface area contributed by atoms with Crippen LogP contribution in [0, 0.1) is 5.92 Å². The minimum atomic E-state index is -1.44. The molecule has 3 aromatic carbocycles. The van der Waals surface area contributed by atoms with Crippen LogP contribution in [0.15, 0.2) is 72.8 Å². The van der Waals surface area contributed by atoms with Gasteiger partial charge in [0.25, 0.3) is 5.91 Å². The van der Waals surface area contributed by atoms with Crippen molar-refractivity contribution >= 4 is 40.6 Å². The standard InChI is InChI=1S/C28H22ClN3O3/c29-19-11-4-1-8-16(19)24(33)23-22-14-7-15-32(22)28(18-10-3-6-13-21(18)31-26(28)35)27(23)17-9-2-5-12-20(17)30-25(27)34/h1-6,8-13,22-23H,7,14-15H2,(H,30,34)(H,31,35). The Morgan fingerprint density at radius 3 is 2.26 bits per heavy atom. The number of nitrogens with zero attached hydrogens (tertiary/aromatic N) is 1. The summed E-state index contributed by atoms with van der Waals surface area (Å²) in [5.41, 5.74) is 0.365. The fraction of sp³-hybridized carbons (Fsp3) is 0.250. The molecule has 7 rings (SSSR count). The highest BCUT2D eigenvalue weighted by Gasteiger charge is 2.81. The van der Waals surface area contributed by atoms with Gasteiger partial charge in [0.2, 0.25) is 5.91 Å². The summed E-state index contributed by atoms with van der Waals surface area (Å²) in [7, 11) is 0. The molecule has 7 heteroatoms. The summed E-state index contributed by atoms with van der Waals surface area (Å²) in [6, 6.07) is 21.7. The molecular formula is C28H22ClN3O3. The van der Waals surface area contributed by atoms with E-state index in [1.165, 1.54) is 0 Å². The highest BCUT2D eigenvalue weighted by atomic mass is 35.5. The highest BCUT2D eigenvalue weighted by molar-refractivity contribution is 6.34. The zero-order chi connectivity index (χ0) is 23.9. The van der Waals surface area contributed by atoms with Crippen LogP contribution in [-0.2, 0) is 20.5 Å². The lowest BCUT2D eigenvalue weighted by Gasteiger charge is -2.43. The molecule has 2 fully saturated rings. The monoisotopic (exact) mass is 483 g/mol. The second-order valence-corrected chi connectivity index (χ2v) is 10.1. The topological polar surface area (TPSA) is 78.5 Å². The third-order valence-electron chi connectivity index (χ3n) is 8.43. The molecule has 4 heterocycles. The Hall–Kier alpha value is -3.48. The van der Waals surface area contributed by atoms with Gasteiger partial charge in [0.15, 0.2) is 5.78 Å². The number of hydrogen-bond acceptors (Lipinski definition) is 4. The summed E-state index contributed by atoms with van der Waals surface area (Å²) in [4.78, 5) is 45.1. The third-order valence-corrected chi connectivity index (χ3v) is 8.76. The molecule has 4 aliphatic rings. The number of para-hydroxylation sites is 2. The van der Waals surface area contributed by atoms with Crippen LogP contribution in [-0.4, -0.2) is 35.1 Å². The summed E-state index contributed by atoms with van der Waals surface area (Å²) < 4.78 is 0. The Labute approximate surface area is 207 Å². The van der Waals surface area contributed by atoms with E-state index in [2.05, 4.69) is 15.5 Å². The van der Waals surface area contributed by atoms with Gasteiger partial charge in [0.05, 0.1) is 10.9 Å². The SMILES string of the molecule is O=C(c1ccccc1Cl)C1C2CCCN2C2(C(=O)Nc3ccccc32)C12C(=O)Nc1ccccc12. The molecule has 0 aromatic heterocycles. The second-order valence-electron chi connectivity index (χ2n) is 9.74. The molecule has 4 unspecified atom stereocenters. The molecule has 4 atom stereocenters. The first-order valence-corrected chi connectivity index (χ1v) is 12.3. The van der Waals surface area contributed by atoms with Crippen molar-refractivity contribution < 1.29 is 14.4 Å². The molecule has 2 spiro atoms. The van der Waals surface area contributed by atoms with Gasteiger partial charge in [0.1, 0.15) is 11.0 Å². The maximum absolute atomic E-state index is 14.5. The van der Waals surface area contributed by atoms with E-state index in [0.29, 0.717) is 34.1 Å².